The van der Waals surface area contributed by atoms with Crippen LogP contribution in [0.5, 0.6) is 17.4 Å². The van der Waals surface area contributed by atoms with E-state index >= 15 is 0 Å². The lowest BCUT2D eigenvalue weighted by molar-refractivity contribution is -0.385. The van der Waals surface area contributed by atoms with Crippen LogP contribution in [0.1, 0.15) is 5.82 Å². The Morgan fingerprint density at radius 1 is 1.17 bits per heavy atom. The summed E-state index contributed by atoms with van der Waals surface area (Å²) in [7, 11) is 1.43. The van der Waals surface area contributed by atoms with Crippen molar-refractivity contribution in [2.24, 2.45) is 0 Å². The van der Waals surface area contributed by atoms with Crippen molar-refractivity contribution in [2.75, 3.05) is 7.11 Å². The average Bonchev–Trinajstić information content (AvgIpc) is 3.12. The molecular formula is C19H14ClN5O4. The third-order valence-electron chi connectivity index (χ3n) is 4.13. The van der Waals surface area contributed by atoms with Gasteiger partial charge in [0.1, 0.15) is 17.0 Å². The summed E-state index contributed by atoms with van der Waals surface area (Å²) in [5.41, 5.74) is 0.967. The molecular weight excluding hydrogens is 398 g/mol. The summed E-state index contributed by atoms with van der Waals surface area (Å²) in [4.78, 5) is 19.6. The summed E-state index contributed by atoms with van der Waals surface area (Å²) >= 11 is 6.08. The number of methoxy groups -OCH3 is 1. The molecule has 10 heteroatoms. The Labute approximate surface area is 169 Å². The predicted molar refractivity (Wildman–Crippen MR) is 106 cm³/mol. The topological polar surface area (TPSA) is 105 Å². The number of rotatable bonds is 5. The molecule has 146 valence electrons. The van der Waals surface area contributed by atoms with E-state index in [0.717, 1.165) is 0 Å². The molecule has 0 aliphatic rings. The number of aromatic nitrogens is 4. The normalized spacial score (nSPS) is 10.9. The highest BCUT2D eigenvalue weighted by Crippen LogP contribution is 2.36. The summed E-state index contributed by atoms with van der Waals surface area (Å²) < 4.78 is 12.5. The molecule has 4 aromatic rings. The highest BCUT2D eigenvalue weighted by molar-refractivity contribution is 6.30. The number of hydrogen-bond acceptors (Lipinski definition) is 7. The first-order valence-electron chi connectivity index (χ1n) is 8.45. The van der Waals surface area contributed by atoms with Crippen LogP contribution in [0.4, 0.5) is 5.69 Å². The van der Waals surface area contributed by atoms with Crippen LogP contribution in [-0.4, -0.2) is 31.8 Å². The van der Waals surface area contributed by atoms with Gasteiger partial charge in [0.2, 0.25) is 11.6 Å². The second-order valence-corrected chi connectivity index (χ2v) is 6.48. The van der Waals surface area contributed by atoms with Crippen LogP contribution in [0.2, 0.25) is 5.02 Å². The number of benzene rings is 2. The molecule has 9 nitrogen and oxygen atoms in total. The zero-order valence-electron chi connectivity index (χ0n) is 15.4. The van der Waals surface area contributed by atoms with Gasteiger partial charge in [-0.1, -0.05) is 17.7 Å². The van der Waals surface area contributed by atoms with Crippen molar-refractivity contribution in [3.8, 4) is 23.1 Å². The fraction of sp³-hybridized carbons (Fsp3) is 0.105. The quantitative estimate of drug-likeness (QED) is 0.352. The highest BCUT2D eigenvalue weighted by atomic mass is 35.5. The Morgan fingerprint density at radius 3 is 2.72 bits per heavy atom. The van der Waals surface area contributed by atoms with Gasteiger partial charge < -0.3 is 9.47 Å². The Hall–Kier alpha value is -3.72. The van der Waals surface area contributed by atoms with Crippen molar-refractivity contribution in [2.45, 2.75) is 6.92 Å². The van der Waals surface area contributed by atoms with Crippen molar-refractivity contribution < 1.29 is 14.4 Å². The molecule has 0 N–H and O–H groups in total. The van der Waals surface area contributed by atoms with Crippen molar-refractivity contribution in [1.82, 2.24) is 19.7 Å². The first-order valence-corrected chi connectivity index (χ1v) is 8.82. The minimum atomic E-state index is -0.543. The first-order chi connectivity index (χ1) is 14.0. The summed E-state index contributed by atoms with van der Waals surface area (Å²) in [6.07, 6.45) is 1.54. The lowest BCUT2D eigenvalue weighted by atomic mass is 10.3. The molecule has 0 atom stereocenters. The molecule has 0 bridgehead atoms. The molecule has 0 amide bonds. The van der Waals surface area contributed by atoms with Crippen LogP contribution in [-0.2, 0) is 0 Å². The largest absolute Gasteiger partial charge is 0.496 e. The fourth-order valence-corrected chi connectivity index (χ4v) is 3.00. The predicted octanol–water partition coefficient (Wildman–Crippen LogP) is 4.49. The third kappa shape index (κ3) is 3.55. The molecule has 0 saturated heterocycles. The van der Waals surface area contributed by atoms with Crippen LogP contribution >= 0.6 is 11.6 Å². The SMILES string of the molecule is COc1ccc(Oc2nc(C)nc3c2cnn3-c2cccc(Cl)c2)c([N+](=O)[O-])c1. The monoisotopic (exact) mass is 411 g/mol. The summed E-state index contributed by atoms with van der Waals surface area (Å²) in [6.45, 7) is 1.70. The van der Waals surface area contributed by atoms with Gasteiger partial charge in [-0.15, -0.1) is 0 Å². The Balaban J connectivity index is 1.83. The minimum absolute atomic E-state index is 0.0331. The van der Waals surface area contributed by atoms with Gasteiger partial charge in [-0.3, -0.25) is 10.1 Å². The molecule has 0 fully saturated rings. The minimum Gasteiger partial charge on any atom is -0.496 e. The summed E-state index contributed by atoms with van der Waals surface area (Å²) in [5.74, 6) is 0.967. The molecule has 0 aliphatic carbocycles. The van der Waals surface area contributed by atoms with E-state index in [4.69, 9.17) is 21.1 Å². The number of aryl methyl sites for hydroxylation is 1. The van der Waals surface area contributed by atoms with Gasteiger partial charge in [0.25, 0.3) is 0 Å². The lowest BCUT2D eigenvalue weighted by Gasteiger charge is -2.09. The van der Waals surface area contributed by atoms with Gasteiger partial charge in [-0.2, -0.15) is 10.1 Å². The van der Waals surface area contributed by atoms with E-state index in [1.54, 1.807) is 42.1 Å². The molecule has 2 aromatic carbocycles. The smallest absolute Gasteiger partial charge is 0.315 e. The van der Waals surface area contributed by atoms with Gasteiger partial charge in [-0.25, -0.2) is 9.67 Å². The molecule has 29 heavy (non-hydrogen) atoms. The van der Waals surface area contributed by atoms with Crippen molar-refractivity contribution in [3.63, 3.8) is 0 Å². The van der Waals surface area contributed by atoms with Gasteiger partial charge in [-0.05, 0) is 37.3 Å². The summed E-state index contributed by atoms with van der Waals surface area (Å²) in [6, 6.07) is 11.5. The van der Waals surface area contributed by atoms with E-state index in [1.165, 1.54) is 19.2 Å². The second kappa shape index (κ2) is 7.36. The molecule has 0 spiro atoms. The van der Waals surface area contributed by atoms with Gasteiger partial charge in [0.05, 0.1) is 30.0 Å². The lowest BCUT2D eigenvalue weighted by Crippen LogP contribution is -2.01. The molecule has 2 aromatic heterocycles. The van der Waals surface area contributed by atoms with Crippen LogP contribution in [0, 0.1) is 17.0 Å². The number of halogens is 1. The number of hydrogen-bond donors (Lipinski definition) is 0. The number of fused-ring (bicyclic) bond motifs is 1. The maximum atomic E-state index is 11.4. The number of nitro groups is 1. The van der Waals surface area contributed by atoms with E-state index in [0.29, 0.717) is 33.3 Å². The van der Waals surface area contributed by atoms with E-state index < -0.39 is 4.92 Å². The van der Waals surface area contributed by atoms with E-state index in [-0.39, 0.29) is 17.3 Å². The first kappa shape index (κ1) is 18.6. The number of nitro benzene ring substituents is 1. The van der Waals surface area contributed by atoms with Crippen LogP contribution < -0.4 is 9.47 Å². The fourth-order valence-electron chi connectivity index (χ4n) is 2.82. The average molecular weight is 412 g/mol. The molecule has 0 unspecified atom stereocenters. The Kier molecular flexibility index (Phi) is 4.73. The van der Waals surface area contributed by atoms with Gasteiger partial charge in [0, 0.05) is 5.02 Å². The molecule has 2 heterocycles. The molecule has 4 rings (SSSR count). The van der Waals surface area contributed by atoms with E-state index in [1.807, 2.05) is 6.07 Å². The van der Waals surface area contributed by atoms with Crippen LogP contribution in [0.15, 0.2) is 48.7 Å². The third-order valence-corrected chi connectivity index (χ3v) is 4.36. The standard InChI is InChI=1S/C19H14ClN5O4/c1-11-22-18-15(10-21-24(18)13-5-3-4-12(20)8-13)19(23-11)29-17-7-6-14(28-2)9-16(17)25(26)27/h3-10H,1-2H3. The summed E-state index contributed by atoms with van der Waals surface area (Å²) in [5, 5.41) is 16.9. The van der Waals surface area contributed by atoms with Gasteiger partial charge in [0.15, 0.2) is 5.65 Å². The van der Waals surface area contributed by atoms with E-state index in [9.17, 15) is 10.1 Å². The van der Waals surface area contributed by atoms with Crippen LogP contribution in [0.25, 0.3) is 16.7 Å². The zero-order chi connectivity index (χ0) is 20.5. The Morgan fingerprint density at radius 2 is 2.00 bits per heavy atom. The number of ether oxygens (including phenoxy) is 2. The highest BCUT2D eigenvalue weighted by Gasteiger charge is 2.21. The second-order valence-electron chi connectivity index (χ2n) is 6.04. The van der Waals surface area contributed by atoms with Gasteiger partial charge >= 0.3 is 5.69 Å². The zero-order valence-corrected chi connectivity index (χ0v) is 16.1. The van der Waals surface area contributed by atoms with Crippen LogP contribution in [0.3, 0.4) is 0 Å². The molecule has 0 aliphatic heterocycles. The Bertz CT molecular complexity index is 1240. The molecule has 0 saturated carbocycles. The van der Waals surface area contributed by atoms with Crippen molar-refractivity contribution >= 4 is 28.3 Å². The molecule has 0 radical (unpaired) electrons. The maximum Gasteiger partial charge on any atom is 0.315 e. The number of nitrogens with zero attached hydrogens (tertiary/aromatic N) is 5. The van der Waals surface area contributed by atoms with Crippen molar-refractivity contribution in [3.05, 3.63) is 69.6 Å². The maximum absolute atomic E-state index is 11.4. The van der Waals surface area contributed by atoms with Crippen molar-refractivity contribution in [1.29, 1.82) is 0 Å². The van der Waals surface area contributed by atoms with E-state index in [2.05, 4.69) is 15.1 Å².